The van der Waals surface area contributed by atoms with Crippen molar-refractivity contribution in [2.24, 2.45) is 7.05 Å². The van der Waals surface area contributed by atoms with Crippen LogP contribution in [-0.4, -0.2) is 20.3 Å². The van der Waals surface area contributed by atoms with Crippen molar-refractivity contribution in [3.63, 3.8) is 0 Å². The van der Waals surface area contributed by atoms with E-state index in [1.807, 2.05) is 29.9 Å². The van der Waals surface area contributed by atoms with Gasteiger partial charge in [0.1, 0.15) is 5.82 Å². The van der Waals surface area contributed by atoms with Crippen LogP contribution in [0.15, 0.2) is 36.5 Å². The summed E-state index contributed by atoms with van der Waals surface area (Å²) in [5.41, 5.74) is 3.18. The Balaban J connectivity index is 1.90. The molecule has 1 aromatic carbocycles. The zero-order valence-corrected chi connectivity index (χ0v) is 11.1. The fourth-order valence-corrected chi connectivity index (χ4v) is 2.78. The Bertz CT molecular complexity index is 828. The first-order valence-corrected chi connectivity index (χ1v) is 6.64. The average Bonchev–Trinajstić information content (AvgIpc) is 3.00. The van der Waals surface area contributed by atoms with E-state index in [0.717, 1.165) is 17.1 Å². The van der Waals surface area contributed by atoms with Gasteiger partial charge in [-0.3, -0.25) is 4.79 Å². The molecule has 3 heterocycles. The van der Waals surface area contributed by atoms with E-state index in [4.69, 9.17) is 0 Å². The van der Waals surface area contributed by atoms with Crippen LogP contribution < -0.4 is 5.32 Å². The van der Waals surface area contributed by atoms with Crippen LogP contribution in [0.5, 0.6) is 0 Å². The van der Waals surface area contributed by atoms with Crippen LogP contribution >= 0.6 is 0 Å². The number of fused-ring (bicyclic) bond motifs is 2. The van der Waals surface area contributed by atoms with Gasteiger partial charge in [0.25, 0.3) is 0 Å². The minimum absolute atomic E-state index is 0.0573. The van der Waals surface area contributed by atoms with Crippen LogP contribution in [0.25, 0.3) is 22.2 Å². The van der Waals surface area contributed by atoms with Gasteiger partial charge in [-0.15, -0.1) is 0 Å². The lowest BCUT2D eigenvalue weighted by Gasteiger charge is -2.13. The Morgan fingerprint density at radius 2 is 2.15 bits per heavy atom. The van der Waals surface area contributed by atoms with Crippen LogP contribution in [0.3, 0.4) is 0 Å². The summed E-state index contributed by atoms with van der Waals surface area (Å²) >= 11 is 0. The molecule has 0 unspecified atom stereocenters. The van der Waals surface area contributed by atoms with Crippen LogP contribution in [0.2, 0.25) is 0 Å². The Morgan fingerprint density at radius 3 is 3.05 bits per heavy atom. The zero-order valence-electron chi connectivity index (χ0n) is 11.1. The molecule has 1 N–H and O–H groups in total. The van der Waals surface area contributed by atoms with E-state index >= 15 is 0 Å². The molecule has 0 radical (unpaired) electrons. The van der Waals surface area contributed by atoms with E-state index < -0.39 is 0 Å². The first-order chi connectivity index (χ1) is 9.72. The molecule has 1 amide bonds. The number of nitrogens with zero attached hydrogens (tertiary/aromatic N) is 3. The Labute approximate surface area is 115 Å². The quantitative estimate of drug-likeness (QED) is 0.735. The largest absolute Gasteiger partial charge is 0.350 e. The number of rotatable bonds is 1. The summed E-state index contributed by atoms with van der Waals surface area (Å²) in [7, 11) is 2.03. The van der Waals surface area contributed by atoms with Crippen molar-refractivity contribution in [1.29, 1.82) is 0 Å². The lowest BCUT2D eigenvalue weighted by Crippen LogP contribution is -2.23. The van der Waals surface area contributed by atoms with E-state index in [9.17, 15) is 4.79 Å². The number of aryl methyl sites for hydroxylation is 2. The van der Waals surface area contributed by atoms with Gasteiger partial charge in [-0.25, -0.2) is 4.68 Å². The third-order valence-corrected chi connectivity index (χ3v) is 3.77. The summed E-state index contributed by atoms with van der Waals surface area (Å²) in [5, 5.41) is 8.64. The summed E-state index contributed by atoms with van der Waals surface area (Å²) in [6, 6.07) is 10.2. The van der Waals surface area contributed by atoms with Crippen molar-refractivity contribution < 1.29 is 4.79 Å². The summed E-state index contributed by atoms with van der Waals surface area (Å²) in [6.45, 7) is 0.645. The van der Waals surface area contributed by atoms with Gasteiger partial charge < -0.3 is 9.88 Å². The van der Waals surface area contributed by atoms with Crippen LogP contribution in [0, 0.1) is 0 Å². The first kappa shape index (κ1) is 11.3. The third-order valence-electron chi connectivity index (χ3n) is 3.77. The number of para-hydroxylation sites is 1. The van der Waals surface area contributed by atoms with Crippen LogP contribution in [0.1, 0.15) is 6.42 Å². The van der Waals surface area contributed by atoms with Gasteiger partial charge in [0.05, 0.1) is 12.2 Å². The molecule has 2 aromatic heterocycles. The monoisotopic (exact) mass is 266 g/mol. The predicted molar refractivity (Wildman–Crippen MR) is 77.4 cm³/mol. The fourth-order valence-electron chi connectivity index (χ4n) is 2.78. The van der Waals surface area contributed by atoms with Crippen molar-refractivity contribution in [3.05, 3.63) is 36.5 Å². The number of amides is 1. The van der Waals surface area contributed by atoms with Gasteiger partial charge >= 0.3 is 0 Å². The number of carbonyl (C=O) groups is 1. The molecule has 0 aliphatic carbocycles. The zero-order chi connectivity index (χ0) is 13.7. The smallest absolute Gasteiger partial charge is 0.227 e. The number of benzene rings is 1. The normalized spacial score (nSPS) is 14.3. The molecule has 3 aromatic rings. The second-order valence-electron chi connectivity index (χ2n) is 5.11. The minimum atomic E-state index is 0.0573. The van der Waals surface area contributed by atoms with E-state index in [-0.39, 0.29) is 5.91 Å². The van der Waals surface area contributed by atoms with Gasteiger partial charge in [0, 0.05) is 42.2 Å². The maximum Gasteiger partial charge on any atom is 0.227 e. The highest BCUT2D eigenvalue weighted by atomic mass is 16.1. The van der Waals surface area contributed by atoms with E-state index in [1.165, 1.54) is 10.9 Å². The van der Waals surface area contributed by atoms with Crippen molar-refractivity contribution in [2.75, 3.05) is 5.32 Å². The van der Waals surface area contributed by atoms with E-state index in [1.54, 1.807) is 0 Å². The second-order valence-corrected chi connectivity index (χ2v) is 5.11. The number of anilines is 1. The van der Waals surface area contributed by atoms with Gasteiger partial charge in [0.2, 0.25) is 5.91 Å². The summed E-state index contributed by atoms with van der Waals surface area (Å²) in [4.78, 5) is 11.4. The van der Waals surface area contributed by atoms with Crippen molar-refractivity contribution >= 4 is 22.6 Å². The average molecular weight is 266 g/mol. The third kappa shape index (κ3) is 1.56. The highest BCUT2D eigenvalue weighted by molar-refractivity contribution is 5.97. The number of nitrogens with one attached hydrogen (secondary N) is 1. The molecule has 0 atom stereocenters. The first-order valence-electron chi connectivity index (χ1n) is 6.64. The molecule has 1 aliphatic rings. The molecule has 0 saturated carbocycles. The summed E-state index contributed by atoms with van der Waals surface area (Å²) in [5.74, 6) is 0.839. The molecule has 5 heteroatoms. The maximum atomic E-state index is 11.4. The summed E-state index contributed by atoms with van der Waals surface area (Å²) in [6.07, 6.45) is 2.57. The SMILES string of the molecule is Cn1cc(-c2cc3n(n2)CCC(=O)N3)c2ccccc21. The molecule has 4 rings (SSSR count). The molecule has 100 valence electrons. The van der Waals surface area contributed by atoms with E-state index in [0.29, 0.717) is 13.0 Å². The lowest BCUT2D eigenvalue weighted by atomic mass is 10.1. The molecule has 5 nitrogen and oxygen atoms in total. The maximum absolute atomic E-state index is 11.4. The standard InChI is InChI=1S/C15H14N4O/c1-18-9-11(10-4-2-3-5-13(10)18)12-8-14-16-15(20)6-7-19(14)17-12/h2-5,8-9H,6-7H2,1H3,(H,16,20). The van der Waals surface area contributed by atoms with Gasteiger partial charge in [0.15, 0.2) is 0 Å². The number of hydrogen-bond acceptors (Lipinski definition) is 2. The Morgan fingerprint density at radius 1 is 1.30 bits per heavy atom. The van der Waals surface area contributed by atoms with Crippen molar-refractivity contribution in [1.82, 2.24) is 14.3 Å². The highest BCUT2D eigenvalue weighted by Crippen LogP contribution is 2.31. The van der Waals surface area contributed by atoms with Gasteiger partial charge in [-0.2, -0.15) is 5.10 Å². The van der Waals surface area contributed by atoms with Crippen molar-refractivity contribution in [3.8, 4) is 11.3 Å². The Kier molecular flexibility index (Phi) is 2.24. The molecule has 20 heavy (non-hydrogen) atoms. The molecule has 0 bridgehead atoms. The lowest BCUT2D eigenvalue weighted by molar-refractivity contribution is -0.116. The number of aromatic nitrogens is 3. The number of carbonyl (C=O) groups excluding carboxylic acids is 1. The van der Waals surface area contributed by atoms with Crippen LogP contribution in [-0.2, 0) is 18.4 Å². The fraction of sp³-hybridized carbons (Fsp3) is 0.200. The van der Waals surface area contributed by atoms with Crippen molar-refractivity contribution in [2.45, 2.75) is 13.0 Å². The molecular weight excluding hydrogens is 252 g/mol. The number of hydrogen-bond donors (Lipinski definition) is 1. The van der Waals surface area contributed by atoms with Gasteiger partial charge in [-0.05, 0) is 6.07 Å². The molecule has 0 saturated heterocycles. The topological polar surface area (TPSA) is 51.9 Å². The van der Waals surface area contributed by atoms with Crippen LogP contribution in [0.4, 0.5) is 5.82 Å². The minimum Gasteiger partial charge on any atom is -0.350 e. The predicted octanol–water partition coefficient (Wildman–Crippen LogP) is 2.38. The molecule has 0 spiro atoms. The van der Waals surface area contributed by atoms with Gasteiger partial charge in [-0.1, -0.05) is 18.2 Å². The Hall–Kier alpha value is -2.56. The summed E-state index contributed by atoms with van der Waals surface area (Å²) < 4.78 is 3.96. The molecular formula is C15H14N4O. The molecule has 0 fully saturated rings. The van der Waals surface area contributed by atoms with E-state index in [2.05, 4.69) is 33.3 Å². The highest BCUT2D eigenvalue weighted by Gasteiger charge is 2.19. The molecule has 1 aliphatic heterocycles. The second kappa shape index (κ2) is 3.96.